The smallest absolute Gasteiger partial charge is 0.435 e. The lowest BCUT2D eigenvalue weighted by atomic mass is 10.0. The summed E-state index contributed by atoms with van der Waals surface area (Å²) < 4.78 is 37.8. The molecule has 47 heavy (non-hydrogen) atoms. The average Bonchev–Trinajstić information content (AvgIpc) is 3.64. The number of amides is 1. The number of benzene rings is 2. The molecule has 11 nitrogen and oxygen atoms in total. The number of anilines is 2. The molecule has 0 radical (unpaired) electrons. The number of hydrogen-bond donors (Lipinski definition) is 1. The maximum atomic E-state index is 15.2. The number of carbonyl (C=O) groups excluding carboxylic acids is 2. The first kappa shape index (κ1) is 32.1. The van der Waals surface area contributed by atoms with E-state index in [-0.39, 0.29) is 28.4 Å². The van der Waals surface area contributed by atoms with Gasteiger partial charge in [0.25, 0.3) is 5.91 Å². The Labute approximate surface area is 274 Å². The van der Waals surface area contributed by atoms with Crippen LogP contribution >= 0.6 is 11.6 Å². The van der Waals surface area contributed by atoms with Gasteiger partial charge in [-0.3, -0.25) is 9.48 Å². The largest absolute Gasteiger partial charge is 0.442 e. The van der Waals surface area contributed by atoms with Gasteiger partial charge < -0.3 is 19.9 Å². The summed E-state index contributed by atoms with van der Waals surface area (Å²) in [5, 5.41) is 11.5. The van der Waals surface area contributed by atoms with Crippen molar-refractivity contribution in [3.63, 3.8) is 0 Å². The number of halogens is 3. The Morgan fingerprint density at radius 2 is 1.77 bits per heavy atom. The molecule has 1 aliphatic rings. The van der Waals surface area contributed by atoms with E-state index in [2.05, 4.69) is 37.3 Å². The molecule has 0 unspecified atom stereocenters. The molecule has 0 spiro atoms. The number of carbonyl (C=O) groups is 2. The van der Waals surface area contributed by atoms with E-state index in [4.69, 9.17) is 16.3 Å². The van der Waals surface area contributed by atoms with E-state index in [1.807, 2.05) is 12.1 Å². The van der Waals surface area contributed by atoms with Crippen LogP contribution in [-0.2, 0) is 11.3 Å². The van der Waals surface area contributed by atoms with Crippen molar-refractivity contribution in [2.45, 2.75) is 32.9 Å². The summed E-state index contributed by atoms with van der Waals surface area (Å²) in [6.07, 6.45) is 3.97. The predicted molar refractivity (Wildman–Crippen MR) is 175 cm³/mol. The summed E-state index contributed by atoms with van der Waals surface area (Å²) in [5.41, 5.74) is 0.526. The van der Waals surface area contributed by atoms with Crippen molar-refractivity contribution in [1.82, 2.24) is 29.4 Å². The van der Waals surface area contributed by atoms with Crippen molar-refractivity contribution >= 4 is 46.0 Å². The topological polar surface area (TPSA) is 110 Å². The van der Waals surface area contributed by atoms with Crippen LogP contribution in [0.5, 0.6) is 0 Å². The Kier molecular flexibility index (Phi) is 8.68. The first-order valence-electron chi connectivity index (χ1n) is 15.0. The van der Waals surface area contributed by atoms with Crippen LogP contribution in [0.15, 0.2) is 61.1 Å². The molecule has 3 aromatic heterocycles. The molecule has 1 N–H and O–H groups in total. The Balaban J connectivity index is 1.31. The van der Waals surface area contributed by atoms with Gasteiger partial charge in [-0.05, 0) is 63.7 Å². The fourth-order valence-corrected chi connectivity index (χ4v) is 5.46. The van der Waals surface area contributed by atoms with E-state index in [1.54, 1.807) is 45.2 Å². The van der Waals surface area contributed by atoms with Gasteiger partial charge in [0.05, 0.1) is 29.0 Å². The zero-order chi connectivity index (χ0) is 33.5. The van der Waals surface area contributed by atoms with E-state index in [0.29, 0.717) is 16.6 Å². The second-order valence-corrected chi connectivity index (χ2v) is 12.8. The Bertz CT molecular complexity index is 1960. The van der Waals surface area contributed by atoms with Crippen molar-refractivity contribution in [2.75, 3.05) is 43.4 Å². The molecule has 2 aromatic carbocycles. The summed E-state index contributed by atoms with van der Waals surface area (Å²) in [6.45, 7) is 9.11. The number of pyridine rings is 1. The van der Waals surface area contributed by atoms with Crippen LogP contribution in [0.2, 0.25) is 5.02 Å². The highest BCUT2D eigenvalue weighted by Crippen LogP contribution is 2.32. The van der Waals surface area contributed by atoms with E-state index in [9.17, 15) is 14.0 Å². The van der Waals surface area contributed by atoms with Gasteiger partial charge in [-0.25, -0.2) is 18.6 Å². The van der Waals surface area contributed by atoms with Crippen molar-refractivity contribution in [1.29, 1.82) is 0 Å². The van der Waals surface area contributed by atoms with Crippen molar-refractivity contribution in [3.05, 3.63) is 89.0 Å². The molecule has 0 bridgehead atoms. The van der Waals surface area contributed by atoms with Gasteiger partial charge in [-0.2, -0.15) is 14.9 Å². The number of rotatable bonds is 6. The average molecular weight is 663 g/mol. The summed E-state index contributed by atoms with van der Waals surface area (Å²) in [7, 11) is 2.09. The number of likely N-dealkylation sites (N-methyl/N-ethyl adjacent to an activating group) is 1. The van der Waals surface area contributed by atoms with Crippen molar-refractivity contribution in [3.8, 4) is 11.1 Å². The molecule has 0 saturated carbocycles. The first-order valence-corrected chi connectivity index (χ1v) is 15.4. The van der Waals surface area contributed by atoms with Gasteiger partial charge in [0, 0.05) is 55.1 Å². The standard InChI is InChI=1S/C33H33ClF2N8O3/c1-33(2,3)47-32(46)44-28-7-5-6-27(22(28)17-38-44)39-31(45)30-23(21-14-26(36)24(34)15-25(21)35)19-43(40-30)18-20-8-9-29(37-16-20)42-12-10-41(4)11-13-42/h5-9,14-17,19H,10-13,18H2,1-4H3,(H,39,45). The summed E-state index contributed by atoms with van der Waals surface area (Å²) in [6, 6.07) is 10.6. The van der Waals surface area contributed by atoms with Crippen molar-refractivity contribution < 1.29 is 23.1 Å². The van der Waals surface area contributed by atoms with Crippen LogP contribution < -0.4 is 10.2 Å². The number of fused-ring (bicyclic) bond motifs is 1. The molecule has 0 atom stereocenters. The Morgan fingerprint density at radius 3 is 2.47 bits per heavy atom. The van der Waals surface area contributed by atoms with Gasteiger partial charge in [-0.15, -0.1) is 0 Å². The fourth-order valence-electron chi connectivity index (χ4n) is 5.31. The van der Waals surface area contributed by atoms with Crippen LogP contribution in [-0.4, -0.2) is 80.3 Å². The lowest BCUT2D eigenvalue weighted by molar-refractivity contribution is 0.0522. The summed E-state index contributed by atoms with van der Waals surface area (Å²) >= 11 is 5.82. The highest BCUT2D eigenvalue weighted by atomic mass is 35.5. The lowest BCUT2D eigenvalue weighted by Crippen LogP contribution is -2.44. The van der Waals surface area contributed by atoms with E-state index < -0.39 is 29.2 Å². The monoisotopic (exact) mass is 662 g/mol. The number of hydrogen-bond acceptors (Lipinski definition) is 8. The molecule has 6 rings (SSSR count). The number of piperazine rings is 1. The summed E-state index contributed by atoms with van der Waals surface area (Å²) in [5.74, 6) is -1.48. The third kappa shape index (κ3) is 6.96. The molecular formula is C33H33ClF2N8O3. The number of ether oxygens (including phenoxy) is 1. The number of aromatic nitrogens is 5. The molecule has 0 aliphatic carbocycles. The zero-order valence-corrected chi connectivity index (χ0v) is 27.1. The van der Waals surface area contributed by atoms with Gasteiger partial charge in [-0.1, -0.05) is 23.7 Å². The molecule has 5 aromatic rings. The number of nitrogens with zero attached hydrogens (tertiary/aromatic N) is 7. The lowest BCUT2D eigenvalue weighted by Gasteiger charge is -2.33. The zero-order valence-electron chi connectivity index (χ0n) is 26.3. The second kappa shape index (κ2) is 12.7. The molecule has 1 saturated heterocycles. The predicted octanol–water partition coefficient (Wildman–Crippen LogP) is 6.06. The minimum absolute atomic E-state index is 0.0641. The fraction of sp³-hybridized carbons (Fsp3) is 0.303. The van der Waals surface area contributed by atoms with Crippen LogP contribution in [0.4, 0.5) is 25.1 Å². The molecule has 14 heteroatoms. The maximum Gasteiger partial charge on any atom is 0.435 e. The third-order valence-corrected chi connectivity index (χ3v) is 7.98. The minimum atomic E-state index is -0.842. The van der Waals surface area contributed by atoms with Gasteiger partial charge in [0.2, 0.25) is 0 Å². The third-order valence-electron chi connectivity index (χ3n) is 7.69. The SMILES string of the molecule is CN1CCN(c2ccc(Cn3cc(-c4cc(F)c(Cl)cc4F)c(C(=O)Nc4cccc5c4cnn5C(=O)OC(C)(C)C)n3)cn2)CC1. The van der Waals surface area contributed by atoms with Crippen LogP contribution in [0.3, 0.4) is 0 Å². The quantitative estimate of drug-likeness (QED) is 0.219. The highest BCUT2D eigenvalue weighted by molar-refractivity contribution is 6.30. The van der Waals surface area contributed by atoms with E-state index in [0.717, 1.165) is 54.4 Å². The van der Waals surface area contributed by atoms with Crippen molar-refractivity contribution in [2.24, 2.45) is 0 Å². The summed E-state index contributed by atoms with van der Waals surface area (Å²) in [4.78, 5) is 35.6. The molecule has 4 heterocycles. The van der Waals surface area contributed by atoms with E-state index >= 15 is 4.39 Å². The molecule has 1 amide bonds. The normalized spacial score (nSPS) is 14.1. The van der Waals surface area contributed by atoms with Crippen LogP contribution in [0, 0.1) is 11.6 Å². The molecule has 244 valence electrons. The van der Waals surface area contributed by atoms with E-state index in [1.165, 1.54) is 17.1 Å². The minimum Gasteiger partial charge on any atom is -0.442 e. The van der Waals surface area contributed by atoms with Gasteiger partial charge in [0.15, 0.2) is 5.69 Å². The first-order chi connectivity index (χ1) is 22.4. The number of nitrogens with one attached hydrogen (secondary N) is 1. The highest BCUT2D eigenvalue weighted by Gasteiger charge is 2.25. The molecule has 1 fully saturated rings. The van der Waals surface area contributed by atoms with Crippen LogP contribution in [0.1, 0.15) is 36.8 Å². The Hall–Kier alpha value is -4.88. The molecular weight excluding hydrogens is 630 g/mol. The van der Waals surface area contributed by atoms with Crippen LogP contribution in [0.25, 0.3) is 22.0 Å². The maximum absolute atomic E-state index is 15.2. The Morgan fingerprint density at radius 1 is 1.00 bits per heavy atom. The van der Waals surface area contributed by atoms with Gasteiger partial charge >= 0.3 is 6.09 Å². The second-order valence-electron chi connectivity index (χ2n) is 12.4. The molecule has 1 aliphatic heterocycles. The van der Waals surface area contributed by atoms with Gasteiger partial charge in [0.1, 0.15) is 23.1 Å².